The Balaban J connectivity index is 1.89. The van der Waals surface area contributed by atoms with E-state index in [-0.39, 0.29) is 5.41 Å². The summed E-state index contributed by atoms with van der Waals surface area (Å²) in [5.74, 6) is 0.387. The van der Waals surface area contributed by atoms with Crippen molar-refractivity contribution in [1.82, 2.24) is 14.8 Å². The van der Waals surface area contributed by atoms with Gasteiger partial charge < -0.3 is 0 Å². The van der Waals surface area contributed by atoms with Crippen molar-refractivity contribution in [3.8, 4) is 0 Å². The molecule has 1 atom stereocenters. The molecule has 18 heavy (non-hydrogen) atoms. The second kappa shape index (κ2) is 4.19. The number of carbonyl (C=O) groups is 1. The molecule has 4 nitrogen and oxygen atoms in total. The van der Waals surface area contributed by atoms with Crippen LogP contribution < -0.4 is 0 Å². The van der Waals surface area contributed by atoms with Crippen molar-refractivity contribution in [3.63, 3.8) is 0 Å². The molecule has 0 aliphatic heterocycles. The molecule has 2 aromatic rings. The summed E-state index contributed by atoms with van der Waals surface area (Å²) in [5, 5.41) is 5.53. The number of Topliss-reactive ketones (excluding diaryl/α,β-unsaturated/α-hetero) is 1. The molecule has 1 aliphatic rings. The largest absolute Gasteiger partial charge is 0.300 e. The smallest absolute Gasteiger partial charge is 0.133 e. The van der Waals surface area contributed by atoms with Gasteiger partial charge in [0.05, 0.1) is 17.9 Å². The first-order valence-electron chi connectivity index (χ1n) is 6.44. The van der Waals surface area contributed by atoms with Gasteiger partial charge in [-0.2, -0.15) is 5.10 Å². The third kappa shape index (κ3) is 2.03. The fourth-order valence-corrected chi connectivity index (χ4v) is 2.90. The predicted octanol–water partition coefficient (Wildman–Crippen LogP) is 2.58. The van der Waals surface area contributed by atoms with Crippen LogP contribution in [0.15, 0.2) is 24.7 Å². The standard InChI is InChI=1S/C14H17N3O/c1-14(5-2-3-12(18)7-14)10-17-13-9-15-6-4-11(13)8-16-17/h4,6,8-9H,2-3,5,7,10H2,1H3. The molecule has 1 saturated carbocycles. The monoisotopic (exact) mass is 243 g/mol. The lowest BCUT2D eigenvalue weighted by Crippen LogP contribution is -2.30. The Morgan fingerprint density at radius 1 is 1.44 bits per heavy atom. The number of fused-ring (bicyclic) bond motifs is 1. The molecular formula is C14H17N3O. The molecule has 0 amide bonds. The summed E-state index contributed by atoms with van der Waals surface area (Å²) >= 11 is 0. The molecule has 1 unspecified atom stereocenters. The molecule has 4 heteroatoms. The van der Waals surface area contributed by atoms with Crippen LogP contribution in [0.3, 0.4) is 0 Å². The van der Waals surface area contributed by atoms with Gasteiger partial charge >= 0.3 is 0 Å². The third-order valence-electron chi connectivity index (χ3n) is 3.84. The van der Waals surface area contributed by atoms with Gasteiger partial charge in [0.1, 0.15) is 5.78 Å². The zero-order chi connectivity index (χ0) is 12.6. The minimum Gasteiger partial charge on any atom is -0.300 e. The van der Waals surface area contributed by atoms with Crippen LogP contribution in [0, 0.1) is 5.41 Å². The minimum atomic E-state index is 0.0458. The van der Waals surface area contributed by atoms with E-state index in [0.717, 1.165) is 36.7 Å². The van der Waals surface area contributed by atoms with Gasteiger partial charge in [0.2, 0.25) is 0 Å². The van der Waals surface area contributed by atoms with Crippen molar-refractivity contribution >= 4 is 16.7 Å². The van der Waals surface area contributed by atoms with E-state index in [2.05, 4.69) is 17.0 Å². The highest BCUT2D eigenvalue weighted by Gasteiger charge is 2.32. The molecule has 94 valence electrons. The van der Waals surface area contributed by atoms with Crippen LogP contribution in [0.1, 0.15) is 32.6 Å². The average Bonchev–Trinajstić information content (AvgIpc) is 2.72. The number of hydrogen-bond donors (Lipinski definition) is 0. The maximum absolute atomic E-state index is 11.6. The van der Waals surface area contributed by atoms with E-state index in [1.807, 2.05) is 23.1 Å². The molecule has 0 N–H and O–H groups in total. The van der Waals surface area contributed by atoms with E-state index in [1.165, 1.54) is 0 Å². The highest BCUT2D eigenvalue weighted by molar-refractivity contribution is 5.80. The molecule has 0 radical (unpaired) electrons. The highest BCUT2D eigenvalue weighted by Crippen LogP contribution is 2.36. The number of carbonyl (C=O) groups excluding carboxylic acids is 1. The van der Waals surface area contributed by atoms with E-state index >= 15 is 0 Å². The van der Waals surface area contributed by atoms with Crippen LogP contribution in [-0.4, -0.2) is 20.5 Å². The Bertz CT molecular complexity index is 589. The Morgan fingerprint density at radius 3 is 3.17 bits per heavy atom. The lowest BCUT2D eigenvalue weighted by Gasteiger charge is -2.32. The van der Waals surface area contributed by atoms with Crippen LogP contribution in [0.25, 0.3) is 10.9 Å². The van der Waals surface area contributed by atoms with Gasteiger partial charge in [0.15, 0.2) is 0 Å². The Kier molecular flexibility index (Phi) is 2.65. The first-order valence-corrected chi connectivity index (χ1v) is 6.44. The number of nitrogens with zero attached hydrogens (tertiary/aromatic N) is 3. The second-order valence-corrected chi connectivity index (χ2v) is 5.62. The first kappa shape index (κ1) is 11.4. The topological polar surface area (TPSA) is 47.8 Å². The maximum Gasteiger partial charge on any atom is 0.133 e. The zero-order valence-corrected chi connectivity index (χ0v) is 10.6. The van der Waals surface area contributed by atoms with Crippen molar-refractivity contribution in [2.75, 3.05) is 0 Å². The average molecular weight is 243 g/mol. The van der Waals surface area contributed by atoms with Crippen molar-refractivity contribution < 1.29 is 4.79 Å². The lowest BCUT2D eigenvalue weighted by molar-refractivity contribution is -0.123. The van der Waals surface area contributed by atoms with Gasteiger partial charge in [0.25, 0.3) is 0 Å². The van der Waals surface area contributed by atoms with Crippen LogP contribution in [0.5, 0.6) is 0 Å². The lowest BCUT2D eigenvalue weighted by atomic mass is 9.75. The molecule has 2 aromatic heterocycles. The summed E-state index contributed by atoms with van der Waals surface area (Å²) in [7, 11) is 0. The molecule has 0 bridgehead atoms. The van der Waals surface area contributed by atoms with Crippen molar-refractivity contribution in [2.45, 2.75) is 39.2 Å². The minimum absolute atomic E-state index is 0.0458. The Morgan fingerprint density at radius 2 is 2.33 bits per heavy atom. The molecule has 1 fully saturated rings. The van der Waals surface area contributed by atoms with Crippen LogP contribution in [-0.2, 0) is 11.3 Å². The first-order chi connectivity index (χ1) is 8.66. The summed E-state index contributed by atoms with van der Waals surface area (Å²) in [6.45, 7) is 2.99. The predicted molar refractivity (Wildman–Crippen MR) is 69.1 cm³/mol. The van der Waals surface area contributed by atoms with Crippen molar-refractivity contribution in [3.05, 3.63) is 24.7 Å². The molecule has 3 rings (SSSR count). The van der Waals surface area contributed by atoms with Crippen LogP contribution in [0.2, 0.25) is 0 Å². The van der Waals surface area contributed by atoms with E-state index < -0.39 is 0 Å². The Hall–Kier alpha value is -1.71. The Labute approximate surface area is 106 Å². The van der Waals surface area contributed by atoms with Crippen LogP contribution >= 0.6 is 0 Å². The van der Waals surface area contributed by atoms with Gasteiger partial charge in [-0.3, -0.25) is 14.5 Å². The SMILES string of the molecule is CC1(Cn2ncc3ccncc32)CCCC(=O)C1. The third-order valence-corrected chi connectivity index (χ3v) is 3.84. The van der Waals surface area contributed by atoms with Crippen molar-refractivity contribution in [1.29, 1.82) is 0 Å². The highest BCUT2D eigenvalue weighted by atomic mass is 16.1. The number of ketones is 1. The summed E-state index contributed by atoms with van der Waals surface area (Å²) in [5.41, 5.74) is 1.10. The maximum atomic E-state index is 11.6. The summed E-state index contributed by atoms with van der Waals surface area (Å²) in [4.78, 5) is 15.8. The van der Waals surface area contributed by atoms with E-state index in [0.29, 0.717) is 12.2 Å². The number of pyridine rings is 1. The van der Waals surface area contributed by atoms with Gasteiger partial charge in [0, 0.05) is 31.0 Å². The summed E-state index contributed by atoms with van der Waals surface area (Å²) < 4.78 is 1.99. The van der Waals surface area contributed by atoms with Crippen molar-refractivity contribution in [2.24, 2.45) is 5.41 Å². The van der Waals surface area contributed by atoms with Gasteiger partial charge in [-0.05, 0) is 24.3 Å². The molecule has 1 aliphatic carbocycles. The fraction of sp³-hybridized carbons (Fsp3) is 0.500. The number of rotatable bonds is 2. The molecule has 0 aromatic carbocycles. The number of hydrogen-bond acceptors (Lipinski definition) is 3. The van der Waals surface area contributed by atoms with Crippen LogP contribution in [0.4, 0.5) is 0 Å². The zero-order valence-electron chi connectivity index (χ0n) is 10.6. The summed E-state index contributed by atoms with van der Waals surface area (Å²) in [6.07, 6.45) is 9.01. The van der Waals surface area contributed by atoms with E-state index in [1.54, 1.807) is 6.20 Å². The summed E-state index contributed by atoms with van der Waals surface area (Å²) in [6, 6.07) is 1.97. The normalized spacial score (nSPS) is 24.6. The quantitative estimate of drug-likeness (QED) is 0.814. The molecule has 2 heterocycles. The molecular weight excluding hydrogens is 226 g/mol. The fourth-order valence-electron chi connectivity index (χ4n) is 2.90. The number of aromatic nitrogens is 3. The van der Waals surface area contributed by atoms with Gasteiger partial charge in [-0.1, -0.05) is 6.92 Å². The van der Waals surface area contributed by atoms with E-state index in [9.17, 15) is 4.79 Å². The second-order valence-electron chi connectivity index (χ2n) is 5.62. The van der Waals surface area contributed by atoms with E-state index in [4.69, 9.17) is 0 Å². The van der Waals surface area contributed by atoms with Gasteiger partial charge in [-0.15, -0.1) is 0 Å². The molecule has 0 spiro atoms. The molecule has 0 saturated heterocycles. The van der Waals surface area contributed by atoms with Gasteiger partial charge in [-0.25, -0.2) is 0 Å².